The van der Waals surface area contributed by atoms with Crippen molar-refractivity contribution in [1.29, 1.82) is 0 Å². The smallest absolute Gasteiger partial charge is 0.161 e. The summed E-state index contributed by atoms with van der Waals surface area (Å²) in [5.41, 5.74) is 4.31. The predicted molar refractivity (Wildman–Crippen MR) is 82.0 cm³/mol. The van der Waals surface area contributed by atoms with Crippen molar-refractivity contribution in [3.8, 4) is 11.5 Å². The Morgan fingerprint density at radius 3 is 2.76 bits per heavy atom. The van der Waals surface area contributed by atoms with Crippen molar-refractivity contribution in [2.45, 2.75) is 20.5 Å². The number of methoxy groups -OCH3 is 1. The van der Waals surface area contributed by atoms with Crippen molar-refractivity contribution in [1.82, 2.24) is 9.38 Å². The standard InChI is InChI=1S/C17H18N2O2/c1-12-4-5-15(16(8-12)20-3)21-11-14-9-13(2)19-7-6-18-17(19)10-14/h4-10H,11H2,1-3H3. The number of pyridine rings is 1. The molecule has 0 saturated heterocycles. The molecule has 0 aliphatic carbocycles. The summed E-state index contributed by atoms with van der Waals surface area (Å²) < 4.78 is 13.3. The van der Waals surface area contributed by atoms with E-state index in [4.69, 9.17) is 9.47 Å². The highest BCUT2D eigenvalue weighted by molar-refractivity contribution is 5.45. The maximum atomic E-state index is 5.89. The summed E-state index contributed by atoms with van der Waals surface area (Å²) >= 11 is 0. The molecule has 21 heavy (non-hydrogen) atoms. The summed E-state index contributed by atoms with van der Waals surface area (Å²) in [6.07, 6.45) is 3.76. The third-order valence-electron chi connectivity index (χ3n) is 3.47. The number of imidazole rings is 1. The third kappa shape index (κ3) is 2.70. The number of nitrogens with zero attached hydrogens (tertiary/aromatic N) is 2. The van der Waals surface area contributed by atoms with Gasteiger partial charge in [0, 0.05) is 18.1 Å². The maximum Gasteiger partial charge on any atom is 0.161 e. The minimum absolute atomic E-state index is 0.490. The first-order valence-electron chi connectivity index (χ1n) is 6.87. The third-order valence-corrected chi connectivity index (χ3v) is 3.47. The first kappa shape index (κ1) is 13.5. The molecule has 1 aromatic carbocycles. The molecule has 4 heteroatoms. The first-order valence-corrected chi connectivity index (χ1v) is 6.87. The molecule has 0 spiro atoms. The summed E-state index contributed by atoms with van der Waals surface area (Å²) in [5.74, 6) is 1.51. The van der Waals surface area contributed by atoms with Crippen LogP contribution in [0.1, 0.15) is 16.8 Å². The van der Waals surface area contributed by atoms with Gasteiger partial charge < -0.3 is 13.9 Å². The second-order valence-electron chi connectivity index (χ2n) is 5.10. The van der Waals surface area contributed by atoms with Crippen LogP contribution >= 0.6 is 0 Å². The molecule has 0 aliphatic rings. The molecule has 0 bridgehead atoms. The van der Waals surface area contributed by atoms with Gasteiger partial charge in [-0.3, -0.25) is 0 Å². The molecular weight excluding hydrogens is 264 g/mol. The molecule has 2 aromatic heterocycles. The van der Waals surface area contributed by atoms with Crippen molar-refractivity contribution in [3.63, 3.8) is 0 Å². The van der Waals surface area contributed by atoms with Crippen LogP contribution in [0.2, 0.25) is 0 Å². The zero-order chi connectivity index (χ0) is 14.8. The lowest BCUT2D eigenvalue weighted by atomic mass is 10.2. The highest BCUT2D eigenvalue weighted by Gasteiger charge is 2.06. The molecule has 0 aliphatic heterocycles. The van der Waals surface area contributed by atoms with Crippen molar-refractivity contribution < 1.29 is 9.47 Å². The van der Waals surface area contributed by atoms with Gasteiger partial charge >= 0.3 is 0 Å². The summed E-state index contributed by atoms with van der Waals surface area (Å²) in [6, 6.07) is 10.1. The number of hydrogen-bond donors (Lipinski definition) is 0. The number of ether oxygens (including phenoxy) is 2. The van der Waals surface area contributed by atoms with E-state index in [1.165, 1.54) is 0 Å². The van der Waals surface area contributed by atoms with Crippen LogP contribution in [-0.4, -0.2) is 16.5 Å². The molecule has 4 nitrogen and oxygen atoms in total. The number of rotatable bonds is 4. The molecule has 3 aromatic rings. The van der Waals surface area contributed by atoms with E-state index in [0.717, 1.165) is 34.0 Å². The Balaban J connectivity index is 1.83. The molecule has 0 fully saturated rings. The summed E-state index contributed by atoms with van der Waals surface area (Å²) in [4.78, 5) is 4.32. The van der Waals surface area contributed by atoms with Gasteiger partial charge in [0.25, 0.3) is 0 Å². The molecule has 0 unspecified atom stereocenters. The van der Waals surface area contributed by atoms with Gasteiger partial charge in [-0.15, -0.1) is 0 Å². The Bertz CT molecular complexity index is 778. The molecule has 0 amide bonds. The molecule has 0 saturated carbocycles. The quantitative estimate of drug-likeness (QED) is 0.734. The molecule has 108 valence electrons. The number of aryl methyl sites for hydroxylation is 2. The fourth-order valence-corrected chi connectivity index (χ4v) is 2.40. The molecule has 0 atom stereocenters. The van der Waals surface area contributed by atoms with Crippen LogP contribution in [0.3, 0.4) is 0 Å². The highest BCUT2D eigenvalue weighted by atomic mass is 16.5. The average molecular weight is 282 g/mol. The maximum absolute atomic E-state index is 5.89. The fourth-order valence-electron chi connectivity index (χ4n) is 2.40. The van der Waals surface area contributed by atoms with E-state index in [2.05, 4.69) is 22.4 Å². The average Bonchev–Trinajstić information content (AvgIpc) is 2.94. The number of aromatic nitrogens is 2. The molecular formula is C17H18N2O2. The molecule has 0 radical (unpaired) electrons. The zero-order valence-electron chi connectivity index (χ0n) is 12.5. The van der Waals surface area contributed by atoms with E-state index >= 15 is 0 Å². The van der Waals surface area contributed by atoms with Crippen LogP contribution < -0.4 is 9.47 Å². The normalized spacial score (nSPS) is 10.8. The number of benzene rings is 1. The van der Waals surface area contributed by atoms with Crippen LogP contribution in [0, 0.1) is 13.8 Å². The lowest BCUT2D eigenvalue weighted by Crippen LogP contribution is -2.00. The van der Waals surface area contributed by atoms with Gasteiger partial charge in [-0.1, -0.05) is 6.07 Å². The van der Waals surface area contributed by atoms with Crippen LogP contribution in [-0.2, 0) is 6.61 Å². The summed E-state index contributed by atoms with van der Waals surface area (Å²) in [7, 11) is 1.66. The van der Waals surface area contributed by atoms with Gasteiger partial charge in [0.2, 0.25) is 0 Å². The van der Waals surface area contributed by atoms with Gasteiger partial charge in [0.05, 0.1) is 7.11 Å². The minimum Gasteiger partial charge on any atom is -0.493 e. The first-order chi connectivity index (χ1) is 10.2. The Morgan fingerprint density at radius 2 is 1.95 bits per heavy atom. The Hall–Kier alpha value is -2.49. The van der Waals surface area contributed by atoms with Crippen LogP contribution in [0.5, 0.6) is 11.5 Å². The molecule has 2 heterocycles. The number of fused-ring (bicyclic) bond motifs is 1. The van der Waals surface area contributed by atoms with E-state index < -0.39 is 0 Å². The number of hydrogen-bond acceptors (Lipinski definition) is 3. The molecule has 0 N–H and O–H groups in total. The summed E-state index contributed by atoms with van der Waals surface area (Å²) in [6.45, 7) is 4.58. The van der Waals surface area contributed by atoms with Crippen molar-refractivity contribution in [2.24, 2.45) is 0 Å². The Kier molecular flexibility index (Phi) is 3.52. The van der Waals surface area contributed by atoms with Crippen LogP contribution in [0.25, 0.3) is 5.65 Å². The monoisotopic (exact) mass is 282 g/mol. The Morgan fingerprint density at radius 1 is 1.10 bits per heavy atom. The topological polar surface area (TPSA) is 35.8 Å². The van der Waals surface area contributed by atoms with Gasteiger partial charge in [-0.2, -0.15) is 0 Å². The molecule has 3 rings (SSSR count). The van der Waals surface area contributed by atoms with E-state index in [-0.39, 0.29) is 0 Å². The lowest BCUT2D eigenvalue weighted by Gasteiger charge is -2.12. The van der Waals surface area contributed by atoms with E-state index in [1.807, 2.05) is 37.4 Å². The van der Waals surface area contributed by atoms with Crippen LogP contribution in [0.15, 0.2) is 42.7 Å². The van der Waals surface area contributed by atoms with Gasteiger partial charge in [0.15, 0.2) is 11.5 Å². The summed E-state index contributed by atoms with van der Waals surface area (Å²) in [5, 5.41) is 0. The van der Waals surface area contributed by atoms with E-state index in [1.54, 1.807) is 13.3 Å². The van der Waals surface area contributed by atoms with Crippen molar-refractivity contribution >= 4 is 5.65 Å². The lowest BCUT2D eigenvalue weighted by molar-refractivity contribution is 0.284. The van der Waals surface area contributed by atoms with Crippen LogP contribution in [0.4, 0.5) is 0 Å². The van der Waals surface area contributed by atoms with Gasteiger partial charge in [-0.25, -0.2) is 4.98 Å². The largest absolute Gasteiger partial charge is 0.493 e. The second-order valence-corrected chi connectivity index (χ2v) is 5.10. The highest BCUT2D eigenvalue weighted by Crippen LogP contribution is 2.28. The van der Waals surface area contributed by atoms with Crippen molar-refractivity contribution in [2.75, 3.05) is 7.11 Å². The van der Waals surface area contributed by atoms with Gasteiger partial charge in [0.1, 0.15) is 12.3 Å². The fraction of sp³-hybridized carbons (Fsp3) is 0.235. The van der Waals surface area contributed by atoms with E-state index in [0.29, 0.717) is 6.61 Å². The van der Waals surface area contributed by atoms with E-state index in [9.17, 15) is 0 Å². The SMILES string of the molecule is COc1cc(C)ccc1OCc1cc(C)n2ccnc2c1. The minimum atomic E-state index is 0.490. The second kappa shape index (κ2) is 5.48. The Labute approximate surface area is 124 Å². The van der Waals surface area contributed by atoms with Crippen molar-refractivity contribution in [3.05, 3.63) is 59.5 Å². The zero-order valence-corrected chi connectivity index (χ0v) is 12.5. The van der Waals surface area contributed by atoms with Gasteiger partial charge in [-0.05, 0) is 49.2 Å². The predicted octanol–water partition coefficient (Wildman–Crippen LogP) is 3.54.